The predicted octanol–water partition coefficient (Wildman–Crippen LogP) is 4.08. The number of aliphatic imine (C=N–C) groups is 1. The summed E-state index contributed by atoms with van der Waals surface area (Å²) in [5.74, 6) is -0.693. The van der Waals surface area contributed by atoms with Gasteiger partial charge in [-0.3, -0.25) is 4.99 Å². The number of rotatable bonds is 1. The molecule has 2 aliphatic heterocycles. The van der Waals surface area contributed by atoms with Crippen LogP contribution in [0.2, 0.25) is 0 Å². The van der Waals surface area contributed by atoms with Gasteiger partial charge in [-0.05, 0) is 48.5 Å². The van der Waals surface area contributed by atoms with E-state index in [4.69, 9.17) is 10.2 Å². The van der Waals surface area contributed by atoms with Crippen molar-refractivity contribution in [3.05, 3.63) is 64.4 Å². The first-order chi connectivity index (χ1) is 13.4. The molecule has 0 fully saturated rings. The number of benzene rings is 1. The van der Waals surface area contributed by atoms with Gasteiger partial charge < -0.3 is 15.5 Å². The van der Waals surface area contributed by atoms with Crippen molar-refractivity contribution in [2.75, 3.05) is 6.54 Å². The van der Waals surface area contributed by atoms with Crippen LogP contribution in [0.5, 0.6) is 5.75 Å². The Bertz CT molecular complexity index is 941. The second-order valence-corrected chi connectivity index (χ2v) is 8.09. The van der Waals surface area contributed by atoms with Crippen LogP contribution in [0.1, 0.15) is 43.5 Å². The Hall–Kier alpha value is -2.82. The van der Waals surface area contributed by atoms with E-state index >= 15 is 0 Å². The number of allylic oxidation sites excluding steroid dienone is 4. The first-order valence-corrected chi connectivity index (χ1v) is 9.83. The second kappa shape index (κ2) is 6.97. The highest BCUT2D eigenvalue weighted by atomic mass is 16.4. The lowest BCUT2D eigenvalue weighted by atomic mass is 9.67. The SMILES string of the molecule is CC1C2CC3=C(CCC4=C3/C=C\CN=CC41C)N2.O=C(O)c1ccccc1O. The molecule has 1 aromatic carbocycles. The van der Waals surface area contributed by atoms with Crippen LogP contribution in [0.4, 0.5) is 0 Å². The van der Waals surface area contributed by atoms with E-state index in [1.165, 1.54) is 42.7 Å². The van der Waals surface area contributed by atoms with Gasteiger partial charge in [-0.2, -0.15) is 0 Å². The molecule has 1 aromatic rings. The molecule has 5 heteroatoms. The minimum Gasteiger partial charge on any atom is -0.507 e. The summed E-state index contributed by atoms with van der Waals surface area (Å²) in [6.45, 7) is 5.62. The zero-order valence-corrected chi connectivity index (χ0v) is 16.3. The molecule has 0 saturated carbocycles. The molecule has 3 unspecified atom stereocenters. The highest BCUT2D eigenvalue weighted by Gasteiger charge is 2.47. The van der Waals surface area contributed by atoms with Gasteiger partial charge in [-0.25, -0.2) is 4.79 Å². The smallest absolute Gasteiger partial charge is 0.339 e. The third-order valence-corrected chi connectivity index (χ3v) is 6.61. The van der Waals surface area contributed by atoms with Crippen LogP contribution in [0.25, 0.3) is 0 Å². The van der Waals surface area contributed by atoms with Crippen molar-refractivity contribution in [2.45, 2.75) is 39.2 Å². The van der Waals surface area contributed by atoms with Crippen molar-refractivity contribution in [1.82, 2.24) is 5.32 Å². The molecule has 0 amide bonds. The Kier molecular flexibility index (Phi) is 4.61. The average molecular weight is 378 g/mol. The summed E-state index contributed by atoms with van der Waals surface area (Å²) in [5, 5.41) is 21.1. The molecule has 28 heavy (non-hydrogen) atoms. The number of carboxylic acids is 1. The largest absolute Gasteiger partial charge is 0.507 e. The molecule has 0 saturated heterocycles. The van der Waals surface area contributed by atoms with E-state index in [9.17, 15) is 4.79 Å². The number of aromatic carboxylic acids is 1. The monoisotopic (exact) mass is 378 g/mol. The summed E-state index contributed by atoms with van der Waals surface area (Å²) in [5.41, 5.74) is 6.37. The van der Waals surface area contributed by atoms with E-state index < -0.39 is 5.97 Å². The van der Waals surface area contributed by atoms with Crippen molar-refractivity contribution < 1.29 is 15.0 Å². The Morgan fingerprint density at radius 3 is 2.79 bits per heavy atom. The minimum atomic E-state index is -1.11. The summed E-state index contributed by atoms with van der Waals surface area (Å²) in [4.78, 5) is 14.9. The lowest BCUT2D eigenvalue weighted by Gasteiger charge is -2.41. The number of para-hydroxylation sites is 1. The van der Waals surface area contributed by atoms with Gasteiger partial charge in [0.25, 0.3) is 0 Å². The molecule has 5 nitrogen and oxygen atoms in total. The highest BCUT2D eigenvalue weighted by molar-refractivity contribution is 5.90. The number of nitrogens with zero attached hydrogens (tertiary/aromatic N) is 1. The molecular weight excluding hydrogens is 352 g/mol. The number of fused-ring (bicyclic) bond motifs is 1. The molecule has 3 atom stereocenters. The molecule has 0 spiro atoms. The molecule has 0 radical (unpaired) electrons. The fourth-order valence-corrected chi connectivity index (χ4v) is 4.85. The van der Waals surface area contributed by atoms with Crippen LogP contribution in [0, 0.1) is 11.3 Å². The molecule has 2 aliphatic carbocycles. The van der Waals surface area contributed by atoms with Crippen LogP contribution in [-0.2, 0) is 0 Å². The van der Waals surface area contributed by atoms with E-state index in [0.29, 0.717) is 12.0 Å². The molecule has 146 valence electrons. The number of nitrogens with one attached hydrogen (secondary N) is 1. The predicted molar refractivity (Wildman–Crippen MR) is 110 cm³/mol. The fourth-order valence-electron chi connectivity index (χ4n) is 4.85. The zero-order chi connectivity index (χ0) is 19.9. The van der Waals surface area contributed by atoms with E-state index in [0.717, 1.165) is 6.54 Å². The van der Waals surface area contributed by atoms with Gasteiger partial charge in [0.05, 0.1) is 6.54 Å². The number of hydrogen-bond acceptors (Lipinski definition) is 4. The summed E-state index contributed by atoms with van der Waals surface area (Å²) < 4.78 is 0. The van der Waals surface area contributed by atoms with Gasteiger partial charge in [0.15, 0.2) is 0 Å². The molecule has 4 aliphatic rings. The molecule has 5 bridgehead atoms. The second-order valence-electron chi connectivity index (χ2n) is 8.09. The number of carbonyl (C=O) groups is 1. The van der Waals surface area contributed by atoms with Crippen LogP contribution in [0.3, 0.4) is 0 Å². The molecular formula is C23H26N2O3. The van der Waals surface area contributed by atoms with Crippen molar-refractivity contribution in [1.29, 1.82) is 0 Å². The first-order valence-electron chi connectivity index (χ1n) is 9.83. The number of carboxylic acid groups (broad SMARTS) is 1. The third-order valence-electron chi connectivity index (χ3n) is 6.61. The maximum Gasteiger partial charge on any atom is 0.339 e. The topological polar surface area (TPSA) is 81.9 Å². The summed E-state index contributed by atoms with van der Waals surface area (Å²) in [6.07, 6.45) is 10.4. The van der Waals surface area contributed by atoms with Crippen LogP contribution < -0.4 is 5.32 Å². The Labute approximate surface area is 165 Å². The van der Waals surface area contributed by atoms with Gasteiger partial charge >= 0.3 is 5.97 Å². The Morgan fingerprint density at radius 1 is 1.29 bits per heavy atom. The summed E-state index contributed by atoms with van der Waals surface area (Å²) in [6, 6.07) is 6.41. The minimum absolute atomic E-state index is 0.0671. The molecule has 2 heterocycles. The van der Waals surface area contributed by atoms with Gasteiger partial charge in [0.1, 0.15) is 11.3 Å². The van der Waals surface area contributed by atoms with Crippen molar-refractivity contribution in [3.63, 3.8) is 0 Å². The average Bonchev–Trinajstić information content (AvgIpc) is 3.07. The lowest BCUT2D eigenvalue weighted by Crippen LogP contribution is -2.43. The summed E-state index contributed by atoms with van der Waals surface area (Å²) in [7, 11) is 0. The van der Waals surface area contributed by atoms with E-state index in [-0.39, 0.29) is 16.7 Å². The van der Waals surface area contributed by atoms with Crippen molar-refractivity contribution >= 4 is 12.2 Å². The highest BCUT2D eigenvalue weighted by Crippen LogP contribution is 2.52. The van der Waals surface area contributed by atoms with Gasteiger partial charge in [0.2, 0.25) is 0 Å². The fraction of sp³-hybridized carbons (Fsp3) is 0.391. The van der Waals surface area contributed by atoms with Crippen molar-refractivity contribution in [2.24, 2.45) is 16.3 Å². The molecule has 5 rings (SSSR count). The summed E-state index contributed by atoms with van der Waals surface area (Å²) >= 11 is 0. The maximum absolute atomic E-state index is 10.3. The maximum atomic E-state index is 10.3. The quantitative estimate of drug-likeness (QED) is 0.688. The number of phenols is 1. The van der Waals surface area contributed by atoms with Crippen LogP contribution in [-0.4, -0.2) is 35.0 Å². The van der Waals surface area contributed by atoms with E-state index in [1.54, 1.807) is 23.3 Å². The number of aromatic hydroxyl groups is 1. The Morgan fingerprint density at radius 2 is 2.07 bits per heavy atom. The Balaban J connectivity index is 0.000000165. The van der Waals surface area contributed by atoms with Crippen LogP contribution in [0.15, 0.2) is 63.8 Å². The normalized spacial score (nSPS) is 30.6. The lowest BCUT2D eigenvalue weighted by molar-refractivity contribution is 0.0693. The van der Waals surface area contributed by atoms with E-state index in [1.807, 2.05) is 0 Å². The standard InChI is InChI=1S/C16H20N2.C7H6O3/c1-10-15-8-12-11-4-3-7-17-9-16(10,2)13(11)5-6-14(12)18-15;8-6-4-2-1-3-5(6)7(9)10/h3-4,9-10,15,18H,5-8H2,1-2H3;1-4,8H,(H,9,10)/b4-3-,17-9?;. The van der Waals surface area contributed by atoms with Crippen LogP contribution >= 0.6 is 0 Å². The molecule has 3 N–H and O–H groups in total. The first kappa shape index (κ1) is 18.5. The van der Waals surface area contributed by atoms with Gasteiger partial charge in [-0.1, -0.05) is 43.7 Å². The van der Waals surface area contributed by atoms with Crippen molar-refractivity contribution in [3.8, 4) is 5.75 Å². The van der Waals surface area contributed by atoms with Gasteiger partial charge in [0, 0.05) is 23.4 Å². The number of hydrogen-bond donors (Lipinski definition) is 3. The zero-order valence-electron chi connectivity index (χ0n) is 16.3. The molecule has 0 aromatic heterocycles. The third kappa shape index (κ3) is 2.95. The van der Waals surface area contributed by atoms with Gasteiger partial charge in [-0.15, -0.1) is 0 Å². The van der Waals surface area contributed by atoms with E-state index in [2.05, 4.69) is 42.5 Å².